The SMILES string of the molecule is CC(C)(C)c1nnc(C(=O)N2CCc3[nH]cnc3[C@@H]2c2cc3c(C(F)P)cccn3n2)o1. The van der Waals surface area contributed by atoms with E-state index < -0.39 is 17.9 Å². The van der Waals surface area contributed by atoms with Crippen LogP contribution in [0.25, 0.3) is 5.52 Å². The molecule has 2 unspecified atom stereocenters. The van der Waals surface area contributed by atoms with Gasteiger partial charge in [-0.05, 0) is 12.1 Å². The van der Waals surface area contributed by atoms with Gasteiger partial charge < -0.3 is 14.3 Å². The van der Waals surface area contributed by atoms with Gasteiger partial charge in [-0.25, -0.2) is 13.9 Å². The summed E-state index contributed by atoms with van der Waals surface area (Å²) >= 11 is 0. The quantitative estimate of drug-likeness (QED) is 0.475. The third-order valence-electron chi connectivity index (χ3n) is 5.57. The normalized spacial score (nSPS) is 17.5. The number of nitrogens with zero attached hydrogens (tertiary/aromatic N) is 6. The lowest BCUT2D eigenvalue weighted by Crippen LogP contribution is -2.41. The second-order valence-corrected chi connectivity index (χ2v) is 9.43. The molecule has 0 radical (unpaired) electrons. The Bertz CT molecular complexity index is 1300. The number of carbonyl (C=O) groups is 1. The molecule has 1 aliphatic heterocycles. The number of fused-ring (bicyclic) bond motifs is 2. The molecule has 3 atom stereocenters. The highest BCUT2D eigenvalue weighted by atomic mass is 31.0. The van der Waals surface area contributed by atoms with Gasteiger partial charge in [0, 0.05) is 35.8 Å². The summed E-state index contributed by atoms with van der Waals surface area (Å²) in [5.41, 5.74) is 2.98. The van der Waals surface area contributed by atoms with Crippen LogP contribution in [-0.4, -0.2) is 47.1 Å². The summed E-state index contributed by atoms with van der Waals surface area (Å²) in [6.07, 6.45) is 3.97. The van der Waals surface area contributed by atoms with Crippen molar-refractivity contribution in [1.82, 2.24) is 34.7 Å². The van der Waals surface area contributed by atoms with E-state index in [4.69, 9.17) is 4.42 Å². The first-order chi connectivity index (χ1) is 15.2. The van der Waals surface area contributed by atoms with Gasteiger partial charge in [0.05, 0.1) is 23.2 Å². The van der Waals surface area contributed by atoms with Crippen LogP contribution < -0.4 is 0 Å². The first-order valence-electron chi connectivity index (χ1n) is 10.3. The van der Waals surface area contributed by atoms with Crippen LogP contribution >= 0.6 is 9.24 Å². The standard InChI is InChI=1S/C21H23FN7O2P/c1-21(2,3)20-26-25-18(31-20)19(30)28-8-6-12-15(24-10-23-12)16(28)13-9-14-11(17(22)32)5-4-7-29(14)27-13/h4-5,7,9-10,16-17H,6,8,32H2,1-3H3,(H,23,24)/t16-,17?/m0/s1. The lowest BCUT2D eigenvalue weighted by molar-refractivity contribution is 0.0642. The summed E-state index contributed by atoms with van der Waals surface area (Å²) in [5.74, 6) is -1.31. The minimum absolute atomic E-state index is 0.0721. The minimum atomic E-state index is -1.23. The van der Waals surface area contributed by atoms with Gasteiger partial charge in [-0.1, -0.05) is 36.1 Å². The number of H-pyrrole nitrogens is 1. The van der Waals surface area contributed by atoms with Crippen LogP contribution in [0.2, 0.25) is 0 Å². The lowest BCUT2D eigenvalue weighted by Gasteiger charge is -2.32. The van der Waals surface area contributed by atoms with Crippen LogP contribution in [-0.2, 0) is 11.8 Å². The van der Waals surface area contributed by atoms with Gasteiger partial charge in [0.15, 0.2) is 0 Å². The molecule has 32 heavy (non-hydrogen) atoms. The van der Waals surface area contributed by atoms with E-state index in [0.29, 0.717) is 41.3 Å². The molecule has 4 aromatic heterocycles. The van der Waals surface area contributed by atoms with E-state index in [-0.39, 0.29) is 11.3 Å². The number of aromatic amines is 1. The van der Waals surface area contributed by atoms with Crippen LogP contribution in [0.15, 0.2) is 35.1 Å². The molecular formula is C21H23FN7O2P. The number of halogens is 1. The number of rotatable bonds is 3. The summed E-state index contributed by atoms with van der Waals surface area (Å²) in [5, 5.41) is 12.7. The predicted molar refractivity (Wildman–Crippen MR) is 117 cm³/mol. The maximum absolute atomic E-state index is 14.1. The van der Waals surface area contributed by atoms with Crippen molar-refractivity contribution in [3.05, 3.63) is 65.1 Å². The Hall–Kier alpha value is -3.13. The average Bonchev–Trinajstić information content (AvgIpc) is 3.50. The van der Waals surface area contributed by atoms with Gasteiger partial charge >= 0.3 is 11.8 Å². The molecule has 1 amide bonds. The van der Waals surface area contributed by atoms with Crippen molar-refractivity contribution in [3.63, 3.8) is 0 Å². The summed E-state index contributed by atoms with van der Waals surface area (Å²) in [4.78, 5) is 22.7. The molecule has 0 aliphatic carbocycles. The highest BCUT2D eigenvalue weighted by Crippen LogP contribution is 2.36. The third-order valence-corrected chi connectivity index (χ3v) is 5.93. The fraction of sp³-hybridized carbons (Fsp3) is 0.381. The Morgan fingerprint density at radius 1 is 1.38 bits per heavy atom. The lowest BCUT2D eigenvalue weighted by atomic mass is 9.97. The third kappa shape index (κ3) is 3.39. The van der Waals surface area contributed by atoms with E-state index in [2.05, 4.69) is 34.5 Å². The molecule has 0 aromatic carbocycles. The molecule has 0 fully saturated rings. The Balaban J connectivity index is 1.60. The zero-order valence-electron chi connectivity index (χ0n) is 17.9. The molecule has 0 bridgehead atoms. The molecule has 0 saturated carbocycles. The number of amides is 1. The van der Waals surface area contributed by atoms with Crippen molar-refractivity contribution in [1.29, 1.82) is 0 Å². The highest BCUT2D eigenvalue weighted by molar-refractivity contribution is 7.16. The molecule has 5 heterocycles. The summed E-state index contributed by atoms with van der Waals surface area (Å²) in [7, 11) is 2.16. The van der Waals surface area contributed by atoms with E-state index in [9.17, 15) is 9.18 Å². The first kappa shape index (κ1) is 20.8. The average molecular weight is 455 g/mol. The Kier molecular flexibility index (Phi) is 4.85. The van der Waals surface area contributed by atoms with Crippen LogP contribution in [0.3, 0.4) is 0 Å². The van der Waals surface area contributed by atoms with E-state index in [0.717, 1.165) is 5.69 Å². The number of pyridine rings is 1. The second-order valence-electron chi connectivity index (χ2n) is 8.84. The Labute approximate surface area is 185 Å². The van der Waals surface area contributed by atoms with Crippen LogP contribution in [0.1, 0.15) is 71.9 Å². The van der Waals surface area contributed by atoms with Crippen molar-refractivity contribution in [2.24, 2.45) is 0 Å². The zero-order chi connectivity index (χ0) is 22.6. The highest BCUT2D eigenvalue weighted by Gasteiger charge is 2.38. The van der Waals surface area contributed by atoms with Crippen molar-refractivity contribution in [3.8, 4) is 0 Å². The fourth-order valence-electron chi connectivity index (χ4n) is 3.95. The van der Waals surface area contributed by atoms with Gasteiger partial charge in [-0.2, -0.15) is 5.10 Å². The van der Waals surface area contributed by atoms with Crippen molar-refractivity contribution >= 4 is 20.7 Å². The molecule has 1 N–H and O–H groups in total. The first-order valence-corrected chi connectivity index (χ1v) is 11.0. The Morgan fingerprint density at radius 3 is 2.91 bits per heavy atom. The maximum atomic E-state index is 14.1. The molecule has 4 aromatic rings. The fourth-order valence-corrected chi connectivity index (χ4v) is 4.24. The zero-order valence-corrected chi connectivity index (χ0v) is 19.1. The number of aromatic nitrogens is 6. The van der Waals surface area contributed by atoms with Crippen molar-refractivity contribution in [2.45, 2.75) is 44.6 Å². The maximum Gasteiger partial charge on any atom is 0.312 e. The smallest absolute Gasteiger partial charge is 0.312 e. The number of hydrogen-bond acceptors (Lipinski definition) is 6. The minimum Gasteiger partial charge on any atom is -0.416 e. The molecule has 5 rings (SSSR count). The van der Waals surface area contributed by atoms with Crippen LogP contribution in [0, 0.1) is 0 Å². The molecule has 1 aliphatic rings. The largest absolute Gasteiger partial charge is 0.416 e. The van der Waals surface area contributed by atoms with Crippen LogP contribution in [0.4, 0.5) is 4.39 Å². The van der Waals surface area contributed by atoms with Gasteiger partial charge in [-0.15, -0.1) is 10.2 Å². The summed E-state index contributed by atoms with van der Waals surface area (Å²) < 4.78 is 21.5. The van der Waals surface area contributed by atoms with E-state index in [1.165, 1.54) is 0 Å². The van der Waals surface area contributed by atoms with Gasteiger partial charge in [0.1, 0.15) is 12.0 Å². The van der Waals surface area contributed by atoms with Gasteiger partial charge in [0.2, 0.25) is 5.89 Å². The number of carbonyl (C=O) groups excluding carboxylic acids is 1. The molecule has 166 valence electrons. The van der Waals surface area contributed by atoms with Crippen molar-refractivity contribution < 1.29 is 13.6 Å². The number of hydrogen-bond donors (Lipinski definition) is 1. The molecule has 9 nitrogen and oxygen atoms in total. The summed E-state index contributed by atoms with van der Waals surface area (Å²) in [6.45, 7) is 6.23. The van der Waals surface area contributed by atoms with Crippen LogP contribution in [0.5, 0.6) is 0 Å². The number of alkyl halides is 1. The summed E-state index contributed by atoms with van der Waals surface area (Å²) in [6, 6.07) is 4.69. The number of nitrogens with one attached hydrogen (secondary N) is 1. The second kappa shape index (κ2) is 7.48. The molecule has 11 heteroatoms. The monoisotopic (exact) mass is 455 g/mol. The molecule has 0 saturated heterocycles. The Morgan fingerprint density at radius 2 is 2.19 bits per heavy atom. The van der Waals surface area contributed by atoms with Crippen molar-refractivity contribution in [2.75, 3.05) is 6.54 Å². The molecular weight excluding hydrogens is 432 g/mol. The molecule has 0 spiro atoms. The van der Waals surface area contributed by atoms with Gasteiger partial charge in [0.25, 0.3) is 0 Å². The predicted octanol–water partition coefficient (Wildman–Crippen LogP) is 3.37. The number of imidazole rings is 1. The topological polar surface area (TPSA) is 105 Å². The van der Waals surface area contributed by atoms with E-state index in [1.807, 2.05) is 20.8 Å². The van der Waals surface area contributed by atoms with E-state index in [1.54, 1.807) is 40.1 Å². The van der Waals surface area contributed by atoms with E-state index >= 15 is 0 Å². The van der Waals surface area contributed by atoms with Gasteiger partial charge in [-0.3, -0.25) is 4.79 Å².